The fraction of sp³-hybridized carbons (Fsp3) is 0.400. The van der Waals surface area contributed by atoms with Gasteiger partial charge in [-0.15, -0.1) is 0 Å². The number of rotatable bonds is 4. The number of hydrogen-bond donors (Lipinski definition) is 2. The van der Waals surface area contributed by atoms with Crippen LogP contribution in [0.2, 0.25) is 0 Å². The number of nitrogens with one attached hydrogen (secondary N) is 1. The molecule has 0 spiro atoms. The summed E-state index contributed by atoms with van der Waals surface area (Å²) in [6, 6.07) is 5.08. The van der Waals surface area contributed by atoms with Crippen molar-refractivity contribution in [2.75, 3.05) is 0 Å². The van der Waals surface area contributed by atoms with Gasteiger partial charge in [0.2, 0.25) is 5.91 Å². The molecule has 0 saturated carbocycles. The Hall–Kier alpha value is -2.37. The summed E-state index contributed by atoms with van der Waals surface area (Å²) in [7, 11) is 0. The summed E-state index contributed by atoms with van der Waals surface area (Å²) in [6.45, 7) is 6.80. The molecule has 0 bridgehead atoms. The molecule has 1 rings (SSSR count). The lowest BCUT2D eigenvalue weighted by atomic mass is 10.1. The SMILES string of the molecule is C[C@H](NC(=O)c1ccc(C(N)=O)cc1)C(=O)OC(C)(C)C. The van der Waals surface area contributed by atoms with Crippen molar-refractivity contribution >= 4 is 17.8 Å². The summed E-state index contributed by atoms with van der Waals surface area (Å²) in [5.41, 5.74) is 5.15. The maximum Gasteiger partial charge on any atom is 0.328 e. The van der Waals surface area contributed by atoms with Crippen molar-refractivity contribution in [1.29, 1.82) is 0 Å². The smallest absolute Gasteiger partial charge is 0.328 e. The number of primary amides is 1. The summed E-state index contributed by atoms with van der Waals surface area (Å²) in [4.78, 5) is 34.7. The van der Waals surface area contributed by atoms with Gasteiger partial charge in [0.15, 0.2) is 0 Å². The molecule has 6 nitrogen and oxygen atoms in total. The van der Waals surface area contributed by atoms with E-state index in [9.17, 15) is 14.4 Å². The first kappa shape index (κ1) is 16.7. The highest BCUT2D eigenvalue weighted by atomic mass is 16.6. The number of amides is 2. The minimum atomic E-state index is -0.771. The average Bonchev–Trinajstić information content (AvgIpc) is 2.36. The quantitative estimate of drug-likeness (QED) is 0.816. The monoisotopic (exact) mass is 292 g/mol. The minimum absolute atomic E-state index is 0.312. The van der Waals surface area contributed by atoms with Crippen LogP contribution in [0.5, 0.6) is 0 Å². The van der Waals surface area contributed by atoms with Crippen molar-refractivity contribution in [1.82, 2.24) is 5.32 Å². The van der Waals surface area contributed by atoms with Gasteiger partial charge in [-0.25, -0.2) is 4.79 Å². The largest absolute Gasteiger partial charge is 0.458 e. The molecule has 2 amide bonds. The molecule has 1 atom stereocenters. The zero-order valence-corrected chi connectivity index (χ0v) is 12.6. The Balaban J connectivity index is 2.68. The van der Waals surface area contributed by atoms with E-state index in [2.05, 4.69) is 5.32 Å². The molecular formula is C15H20N2O4. The molecule has 1 aromatic carbocycles. The van der Waals surface area contributed by atoms with Crippen molar-refractivity contribution in [3.05, 3.63) is 35.4 Å². The second-order valence-electron chi connectivity index (χ2n) is 5.67. The van der Waals surface area contributed by atoms with Crippen molar-refractivity contribution in [3.63, 3.8) is 0 Å². The van der Waals surface area contributed by atoms with Crippen LogP contribution in [0.25, 0.3) is 0 Å². The Morgan fingerprint density at radius 3 is 2.00 bits per heavy atom. The van der Waals surface area contributed by atoms with E-state index in [1.165, 1.54) is 24.3 Å². The molecule has 0 saturated heterocycles. The molecular weight excluding hydrogens is 272 g/mol. The molecule has 0 aliphatic carbocycles. The van der Waals surface area contributed by atoms with E-state index in [1.54, 1.807) is 27.7 Å². The van der Waals surface area contributed by atoms with Gasteiger partial charge in [-0.2, -0.15) is 0 Å². The first-order valence-electron chi connectivity index (χ1n) is 6.54. The Kier molecular flexibility index (Phi) is 5.07. The molecule has 6 heteroatoms. The van der Waals surface area contributed by atoms with Gasteiger partial charge in [0.1, 0.15) is 11.6 Å². The van der Waals surface area contributed by atoms with Crippen LogP contribution in [0.1, 0.15) is 48.4 Å². The van der Waals surface area contributed by atoms with Crippen molar-refractivity contribution in [2.45, 2.75) is 39.3 Å². The third-order valence-corrected chi connectivity index (χ3v) is 2.54. The van der Waals surface area contributed by atoms with Crippen LogP contribution in [-0.2, 0) is 9.53 Å². The Labute approximate surface area is 123 Å². The standard InChI is InChI=1S/C15H20N2O4/c1-9(14(20)21-15(2,3)4)17-13(19)11-7-5-10(6-8-11)12(16)18/h5-9H,1-4H3,(H2,16,18)(H,17,19)/t9-/m0/s1. The zero-order chi connectivity index (χ0) is 16.2. The van der Waals surface area contributed by atoms with E-state index in [1.807, 2.05) is 0 Å². The Morgan fingerprint density at radius 1 is 1.10 bits per heavy atom. The molecule has 21 heavy (non-hydrogen) atoms. The molecule has 0 unspecified atom stereocenters. The number of esters is 1. The van der Waals surface area contributed by atoms with Gasteiger partial charge >= 0.3 is 5.97 Å². The van der Waals surface area contributed by atoms with Gasteiger partial charge in [0.05, 0.1) is 0 Å². The van der Waals surface area contributed by atoms with Crippen molar-refractivity contribution in [2.24, 2.45) is 5.73 Å². The second kappa shape index (κ2) is 6.39. The fourth-order valence-corrected chi connectivity index (χ4v) is 1.51. The summed E-state index contributed by atoms with van der Waals surface area (Å²) < 4.78 is 5.17. The number of ether oxygens (including phenoxy) is 1. The highest BCUT2D eigenvalue weighted by Crippen LogP contribution is 2.09. The van der Waals surface area contributed by atoms with E-state index in [0.29, 0.717) is 11.1 Å². The van der Waals surface area contributed by atoms with E-state index < -0.39 is 29.4 Å². The molecule has 0 heterocycles. The lowest BCUT2D eigenvalue weighted by Gasteiger charge is -2.22. The van der Waals surface area contributed by atoms with Gasteiger partial charge in [-0.1, -0.05) is 0 Å². The molecule has 0 aliphatic rings. The molecule has 114 valence electrons. The van der Waals surface area contributed by atoms with Gasteiger partial charge in [0.25, 0.3) is 5.91 Å². The molecule has 0 fully saturated rings. The average molecular weight is 292 g/mol. The van der Waals surface area contributed by atoms with Gasteiger partial charge in [-0.05, 0) is 52.0 Å². The number of hydrogen-bond acceptors (Lipinski definition) is 4. The summed E-state index contributed by atoms with van der Waals surface area (Å²) in [6.07, 6.45) is 0. The summed E-state index contributed by atoms with van der Waals surface area (Å²) >= 11 is 0. The topological polar surface area (TPSA) is 98.5 Å². The highest BCUT2D eigenvalue weighted by Gasteiger charge is 2.23. The van der Waals surface area contributed by atoms with Gasteiger partial charge < -0.3 is 15.8 Å². The number of nitrogens with two attached hydrogens (primary N) is 1. The maximum atomic E-state index is 12.0. The third kappa shape index (κ3) is 5.25. The van der Waals surface area contributed by atoms with E-state index in [0.717, 1.165) is 0 Å². The lowest BCUT2D eigenvalue weighted by molar-refractivity contribution is -0.156. The minimum Gasteiger partial charge on any atom is -0.458 e. The second-order valence-corrected chi connectivity index (χ2v) is 5.67. The number of carbonyl (C=O) groups is 3. The van der Waals surface area contributed by atoms with Crippen LogP contribution in [0.4, 0.5) is 0 Å². The number of carbonyl (C=O) groups excluding carboxylic acids is 3. The predicted molar refractivity (Wildman–Crippen MR) is 77.7 cm³/mol. The fourth-order valence-electron chi connectivity index (χ4n) is 1.51. The van der Waals surface area contributed by atoms with E-state index >= 15 is 0 Å². The lowest BCUT2D eigenvalue weighted by Crippen LogP contribution is -2.42. The first-order valence-corrected chi connectivity index (χ1v) is 6.54. The van der Waals surface area contributed by atoms with Crippen LogP contribution >= 0.6 is 0 Å². The van der Waals surface area contributed by atoms with E-state index in [4.69, 9.17) is 10.5 Å². The summed E-state index contributed by atoms with van der Waals surface area (Å²) in [5.74, 6) is -1.50. The van der Waals surface area contributed by atoms with Crippen LogP contribution in [0, 0.1) is 0 Å². The highest BCUT2D eigenvalue weighted by molar-refractivity contribution is 5.98. The maximum absolute atomic E-state index is 12.0. The van der Waals surface area contributed by atoms with Crippen molar-refractivity contribution in [3.8, 4) is 0 Å². The van der Waals surface area contributed by atoms with Crippen LogP contribution in [0.3, 0.4) is 0 Å². The van der Waals surface area contributed by atoms with Gasteiger partial charge in [-0.3, -0.25) is 9.59 Å². The van der Waals surface area contributed by atoms with Crippen LogP contribution < -0.4 is 11.1 Å². The third-order valence-electron chi connectivity index (χ3n) is 2.54. The zero-order valence-electron chi connectivity index (χ0n) is 12.6. The normalized spacial score (nSPS) is 12.4. The Morgan fingerprint density at radius 2 is 1.57 bits per heavy atom. The Bertz CT molecular complexity index is 544. The molecule has 1 aromatic rings. The number of benzene rings is 1. The molecule has 3 N–H and O–H groups in total. The predicted octanol–water partition coefficient (Wildman–Crippen LogP) is 1.25. The van der Waals surface area contributed by atoms with Crippen LogP contribution in [0.15, 0.2) is 24.3 Å². The van der Waals surface area contributed by atoms with Crippen molar-refractivity contribution < 1.29 is 19.1 Å². The molecule has 0 radical (unpaired) electrons. The van der Waals surface area contributed by atoms with Crippen LogP contribution in [-0.4, -0.2) is 29.4 Å². The first-order chi connectivity index (χ1) is 9.60. The van der Waals surface area contributed by atoms with Gasteiger partial charge in [0, 0.05) is 11.1 Å². The summed E-state index contributed by atoms with van der Waals surface area (Å²) in [5, 5.41) is 2.54. The molecule has 0 aromatic heterocycles. The molecule has 0 aliphatic heterocycles. The van der Waals surface area contributed by atoms with E-state index in [-0.39, 0.29) is 0 Å².